The van der Waals surface area contributed by atoms with Crippen LogP contribution in [0.4, 0.5) is 5.69 Å². The van der Waals surface area contributed by atoms with Crippen LogP contribution < -0.4 is 14.4 Å². The number of carbonyl (C=O) groups excluding carboxylic acids is 1. The van der Waals surface area contributed by atoms with E-state index in [1.807, 2.05) is 0 Å². The van der Waals surface area contributed by atoms with Crippen molar-refractivity contribution in [3.8, 4) is 23.0 Å². The zero-order chi connectivity index (χ0) is 29.4. The van der Waals surface area contributed by atoms with E-state index in [9.17, 15) is 44.4 Å². The molecule has 2 aromatic rings. The van der Waals surface area contributed by atoms with Crippen LogP contribution >= 0.6 is 0 Å². The van der Waals surface area contributed by atoms with E-state index in [0.717, 1.165) is 35.1 Å². The minimum Gasteiger partial charge on any atom is -0.504 e. The number of benzene rings is 2. The molecule has 210 valence electrons. The highest BCUT2D eigenvalue weighted by Gasteiger charge is 2.25. The summed E-state index contributed by atoms with van der Waals surface area (Å²) in [7, 11) is 2.35. The predicted molar refractivity (Wildman–Crippen MR) is 131 cm³/mol. The lowest BCUT2D eigenvalue weighted by Crippen LogP contribution is -2.34. The molecule has 6 N–H and O–H groups in total. The van der Waals surface area contributed by atoms with Gasteiger partial charge in [-0.05, 0) is 24.3 Å². The molecule has 0 aromatic heterocycles. The molecule has 0 saturated heterocycles. The van der Waals surface area contributed by atoms with Crippen molar-refractivity contribution in [3.05, 3.63) is 41.0 Å². The van der Waals surface area contributed by atoms with Gasteiger partial charge in [0.05, 0.1) is 33.0 Å². The van der Waals surface area contributed by atoms with Crippen molar-refractivity contribution in [3.63, 3.8) is 0 Å². The Labute approximate surface area is 220 Å². The number of carboxylic acids is 4. The lowest BCUT2D eigenvalue weighted by molar-refractivity contribution is -0.142. The van der Waals surface area contributed by atoms with Crippen LogP contribution in [0.3, 0.4) is 0 Å². The molecule has 0 aliphatic rings. The van der Waals surface area contributed by atoms with Gasteiger partial charge < -0.3 is 45.0 Å². The van der Waals surface area contributed by atoms with Gasteiger partial charge in [-0.1, -0.05) is 0 Å². The van der Waals surface area contributed by atoms with Gasteiger partial charge in [0.2, 0.25) is 0 Å². The number of rotatable bonds is 15. The molecule has 2 rings (SSSR count). The monoisotopic (exact) mass is 550 g/mol. The number of ketones is 1. The first-order chi connectivity index (χ1) is 18.3. The largest absolute Gasteiger partial charge is 0.504 e. The number of aliphatic carboxylic acids is 4. The molecule has 0 unspecified atom stereocenters. The highest BCUT2D eigenvalue weighted by Crippen LogP contribution is 2.39. The quantitative estimate of drug-likeness (QED) is 0.164. The Morgan fingerprint density at radius 3 is 1.54 bits per heavy atom. The molecule has 0 bridgehead atoms. The molecular formula is C24H26N2O13. The van der Waals surface area contributed by atoms with Gasteiger partial charge in [0, 0.05) is 23.2 Å². The van der Waals surface area contributed by atoms with Crippen molar-refractivity contribution in [2.75, 3.05) is 45.3 Å². The van der Waals surface area contributed by atoms with Crippen molar-refractivity contribution >= 4 is 35.3 Å². The van der Waals surface area contributed by atoms with Crippen molar-refractivity contribution in [1.82, 2.24) is 4.90 Å². The second-order valence-corrected chi connectivity index (χ2v) is 8.14. The Bertz CT molecular complexity index is 1260. The number of ether oxygens (including phenoxy) is 2. The zero-order valence-corrected chi connectivity index (χ0v) is 20.8. The molecule has 0 saturated carbocycles. The van der Waals surface area contributed by atoms with E-state index in [1.54, 1.807) is 0 Å². The average molecular weight is 550 g/mol. The summed E-state index contributed by atoms with van der Waals surface area (Å²) in [6.45, 7) is -3.43. The number of methoxy groups -OCH3 is 2. The van der Waals surface area contributed by atoms with Crippen LogP contribution in [-0.2, 0) is 25.7 Å². The van der Waals surface area contributed by atoms with Gasteiger partial charge in [-0.15, -0.1) is 0 Å². The first-order valence-corrected chi connectivity index (χ1v) is 11.0. The van der Waals surface area contributed by atoms with E-state index in [0.29, 0.717) is 0 Å². The third-order valence-corrected chi connectivity index (χ3v) is 5.28. The second-order valence-electron chi connectivity index (χ2n) is 8.14. The standard InChI is InChI=1S/C24H26N2O13/c1-38-16-5-12(3-14(23(16)36)7-25(8-18(27)28)9-19(29)30)22(35)13-4-15(24(37)17(6-13)39-2)26(10-20(31)32)11-21(33)34/h3-6,36-37H,7-11H2,1-2H3,(H,27,28)(H,29,30)(H,31,32)(H,33,34). The number of hydrogen-bond donors (Lipinski definition) is 6. The lowest BCUT2D eigenvalue weighted by Gasteiger charge is -2.23. The molecule has 0 amide bonds. The van der Waals surface area contributed by atoms with E-state index in [4.69, 9.17) is 19.7 Å². The van der Waals surface area contributed by atoms with Gasteiger partial charge in [0.1, 0.15) is 13.1 Å². The maximum atomic E-state index is 13.5. The van der Waals surface area contributed by atoms with E-state index in [-0.39, 0.29) is 33.9 Å². The van der Waals surface area contributed by atoms with Gasteiger partial charge >= 0.3 is 23.9 Å². The van der Waals surface area contributed by atoms with E-state index in [1.165, 1.54) is 13.2 Å². The summed E-state index contributed by atoms with van der Waals surface area (Å²) in [6, 6.07) is 4.53. The second kappa shape index (κ2) is 13.0. The molecule has 0 aliphatic carbocycles. The first kappa shape index (κ1) is 30.2. The van der Waals surface area contributed by atoms with Gasteiger partial charge in [-0.25, -0.2) is 0 Å². The first-order valence-electron chi connectivity index (χ1n) is 11.0. The van der Waals surface area contributed by atoms with Crippen molar-refractivity contribution in [2.24, 2.45) is 0 Å². The highest BCUT2D eigenvalue weighted by molar-refractivity contribution is 6.10. The Morgan fingerprint density at radius 2 is 1.10 bits per heavy atom. The molecular weight excluding hydrogens is 524 g/mol. The fourth-order valence-corrected chi connectivity index (χ4v) is 3.70. The molecule has 0 radical (unpaired) electrons. The van der Waals surface area contributed by atoms with Gasteiger partial charge in [0.25, 0.3) is 0 Å². The van der Waals surface area contributed by atoms with Gasteiger partial charge in [0.15, 0.2) is 28.8 Å². The predicted octanol–water partition coefficient (Wildman–Crippen LogP) is 0.293. The molecule has 0 heterocycles. The summed E-state index contributed by atoms with van der Waals surface area (Å²) in [5.41, 5.74) is -0.647. The van der Waals surface area contributed by atoms with Crippen molar-refractivity contribution in [1.29, 1.82) is 0 Å². The van der Waals surface area contributed by atoms with Crippen molar-refractivity contribution in [2.45, 2.75) is 6.54 Å². The van der Waals surface area contributed by atoms with Crippen LogP contribution in [0.25, 0.3) is 0 Å². The zero-order valence-electron chi connectivity index (χ0n) is 20.8. The Hall–Kier alpha value is -5.05. The van der Waals surface area contributed by atoms with E-state index in [2.05, 4.69) is 0 Å². The molecule has 0 aliphatic heterocycles. The normalized spacial score (nSPS) is 10.6. The van der Waals surface area contributed by atoms with Crippen LogP contribution in [-0.4, -0.2) is 106 Å². The fraction of sp³-hybridized carbons (Fsp3) is 0.292. The minimum atomic E-state index is -1.41. The molecule has 0 fully saturated rings. The van der Waals surface area contributed by atoms with Crippen LogP contribution in [0, 0.1) is 0 Å². The number of phenolic OH excluding ortho intramolecular Hbond substituents is 2. The molecule has 0 spiro atoms. The number of carbonyl (C=O) groups is 5. The summed E-state index contributed by atoms with van der Waals surface area (Å²) < 4.78 is 10.2. The topological polar surface area (TPSA) is 232 Å². The average Bonchev–Trinajstić information content (AvgIpc) is 2.83. The number of anilines is 1. The molecule has 15 heteroatoms. The van der Waals surface area contributed by atoms with Gasteiger partial charge in [-0.2, -0.15) is 0 Å². The molecule has 2 aromatic carbocycles. The Balaban J connectivity index is 2.63. The minimum absolute atomic E-state index is 0.0375. The number of phenols is 2. The van der Waals surface area contributed by atoms with E-state index < -0.39 is 73.9 Å². The third-order valence-electron chi connectivity index (χ3n) is 5.28. The molecule has 15 nitrogen and oxygen atoms in total. The lowest BCUT2D eigenvalue weighted by atomic mass is 9.98. The SMILES string of the molecule is COc1cc(C(=O)c2cc(OC)c(O)c(N(CC(=O)O)CC(=O)O)c2)cc(CN(CC(=O)O)CC(=O)O)c1O. The van der Waals surface area contributed by atoms with Crippen LogP contribution in [0.15, 0.2) is 24.3 Å². The smallest absolute Gasteiger partial charge is 0.323 e. The molecule has 0 atom stereocenters. The van der Waals surface area contributed by atoms with Crippen LogP contribution in [0.1, 0.15) is 21.5 Å². The maximum Gasteiger partial charge on any atom is 0.323 e. The summed E-state index contributed by atoms with van der Waals surface area (Å²) >= 11 is 0. The fourth-order valence-electron chi connectivity index (χ4n) is 3.70. The number of nitrogens with zero attached hydrogens (tertiary/aromatic N) is 2. The summed E-state index contributed by atoms with van der Waals surface area (Å²) in [4.78, 5) is 60.2. The summed E-state index contributed by atoms with van der Waals surface area (Å²) in [5.74, 6) is -7.77. The summed E-state index contributed by atoms with van der Waals surface area (Å²) in [6.07, 6.45) is 0. The highest BCUT2D eigenvalue weighted by atomic mass is 16.5. The van der Waals surface area contributed by atoms with Crippen molar-refractivity contribution < 1.29 is 64.1 Å². The number of carboxylic acid groups (broad SMARTS) is 4. The maximum absolute atomic E-state index is 13.5. The number of aromatic hydroxyl groups is 2. The summed E-state index contributed by atoms with van der Waals surface area (Å²) in [5, 5.41) is 57.7. The van der Waals surface area contributed by atoms with E-state index >= 15 is 0 Å². The number of hydrogen-bond acceptors (Lipinski definition) is 11. The van der Waals surface area contributed by atoms with Gasteiger partial charge in [-0.3, -0.25) is 28.9 Å². The Morgan fingerprint density at radius 1 is 0.667 bits per heavy atom. The van der Waals surface area contributed by atoms with Crippen LogP contribution in [0.2, 0.25) is 0 Å². The third kappa shape index (κ3) is 7.96. The van der Waals surface area contributed by atoms with Crippen LogP contribution in [0.5, 0.6) is 23.0 Å². The Kier molecular flexibility index (Phi) is 10.0. The molecule has 39 heavy (non-hydrogen) atoms.